The molecule has 2 saturated carbocycles. The van der Waals surface area contributed by atoms with Crippen LogP contribution in [0.2, 0.25) is 5.02 Å². The summed E-state index contributed by atoms with van der Waals surface area (Å²) in [6, 6.07) is 19.9. The van der Waals surface area contributed by atoms with Crippen LogP contribution in [0, 0.1) is 23.4 Å². The second-order valence-electron chi connectivity index (χ2n) is 19.9. The molecular formula is C57H61ClF3IN8O10. The summed E-state index contributed by atoms with van der Waals surface area (Å²) in [6.07, 6.45) is 0.556. The zero-order valence-corrected chi connectivity index (χ0v) is 46.8. The number of carbonyl (C=O) groups excluding carboxylic acids is 6. The van der Waals surface area contributed by atoms with E-state index in [2.05, 4.69) is 41.5 Å². The van der Waals surface area contributed by atoms with Crippen LogP contribution in [0.5, 0.6) is 17.2 Å². The first-order chi connectivity index (χ1) is 38.3. The van der Waals surface area contributed by atoms with Crippen molar-refractivity contribution in [3.8, 4) is 17.2 Å². The van der Waals surface area contributed by atoms with Crippen LogP contribution in [0.3, 0.4) is 0 Å². The second kappa shape index (κ2) is 26.8. The van der Waals surface area contributed by atoms with Crippen LogP contribution in [-0.2, 0) is 0 Å². The minimum absolute atomic E-state index is 0.0119. The number of Topliss-reactive ketones (excluding diaryl/α,β-unsaturated/α-hetero) is 1. The van der Waals surface area contributed by atoms with Gasteiger partial charge in [-0.05, 0) is 95.9 Å². The second-order valence-corrected chi connectivity index (χ2v) is 21.1. The van der Waals surface area contributed by atoms with E-state index in [9.17, 15) is 47.0 Å². The maximum Gasteiger partial charge on any atom is 0.271 e. The van der Waals surface area contributed by atoms with Crippen molar-refractivity contribution in [3.05, 3.63) is 158 Å². The normalized spacial score (nSPS) is 17.9. The molecule has 3 aromatic carbocycles. The first-order valence-corrected chi connectivity index (χ1v) is 28.1. The fourth-order valence-electron chi connectivity index (χ4n) is 9.53. The van der Waals surface area contributed by atoms with Crippen molar-refractivity contribution in [2.45, 2.75) is 102 Å². The summed E-state index contributed by atoms with van der Waals surface area (Å²) in [7, 11) is 0. The number of benzene rings is 3. The van der Waals surface area contributed by atoms with Gasteiger partial charge in [-0.25, -0.2) is 13.2 Å². The van der Waals surface area contributed by atoms with Crippen molar-refractivity contribution in [2.75, 3.05) is 24.1 Å². The lowest BCUT2D eigenvalue weighted by Gasteiger charge is -2.35. The van der Waals surface area contributed by atoms with Gasteiger partial charge in [0.25, 0.3) is 29.5 Å². The van der Waals surface area contributed by atoms with E-state index in [1.807, 2.05) is 22.6 Å². The molecule has 18 nitrogen and oxygen atoms in total. The van der Waals surface area contributed by atoms with Gasteiger partial charge in [0.2, 0.25) is 0 Å². The standard InChI is InChI=1S/C57H61ClF3IN8O10/c1-29(37-9-4-6-11-40(37)59)79-48-26-45(69-51(48)56(76)64-20-8-19-63-53(73)43-24-47(50(68-43)46(72)27-62)78-31(3)39-18-13-33(58)23-42(39)61)55(75)67-35-21-32(22-35)28-65-57(77)52-49(80-30(2)38-10-5-7-12-41(38)60)25-44(70-52)54(74)66-34-14-16-36(71)17-15-34/h4-7,9-13,18,23-26,29-32,34-36,68-71H,8,14-17,19-22,27-28H2,1-3H3,(H,63,73)(H,64,76)(H,65,77)(H,66,74)(H,67,75). The van der Waals surface area contributed by atoms with Crippen LogP contribution in [-0.4, -0.2) is 97.6 Å². The minimum Gasteiger partial charge on any atom is -0.484 e. The molecule has 0 spiro atoms. The number of ether oxygens (including phenoxy) is 3. The van der Waals surface area contributed by atoms with Gasteiger partial charge in [0.15, 0.2) is 17.3 Å². The highest BCUT2D eigenvalue weighted by molar-refractivity contribution is 14.1. The molecule has 3 aromatic heterocycles. The molecule has 3 atom stereocenters. The Balaban J connectivity index is 0.857. The third kappa shape index (κ3) is 14.7. The number of alkyl halides is 1. The molecule has 424 valence electrons. The Morgan fingerprint density at radius 2 is 1.04 bits per heavy atom. The van der Waals surface area contributed by atoms with Crippen LogP contribution >= 0.6 is 34.2 Å². The van der Waals surface area contributed by atoms with E-state index in [0.717, 1.165) is 6.07 Å². The third-order valence-corrected chi connectivity index (χ3v) is 14.9. The van der Waals surface area contributed by atoms with Gasteiger partial charge in [-0.1, -0.05) is 76.7 Å². The van der Waals surface area contributed by atoms with Gasteiger partial charge in [-0.2, -0.15) is 0 Å². The summed E-state index contributed by atoms with van der Waals surface area (Å²) >= 11 is 7.79. The Bertz CT molecular complexity index is 3230. The zero-order chi connectivity index (χ0) is 57.2. The van der Waals surface area contributed by atoms with Crippen LogP contribution in [0.25, 0.3) is 0 Å². The zero-order valence-electron chi connectivity index (χ0n) is 43.9. The molecule has 8 rings (SSSR count). The molecular weight excluding hydrogens is 1180 g/mol. The van der Waals surface area contributed by atoms with Gasteiger partial charge >= 0.3 is 0 Å². The number of halogens is 5. The summed E-state index contributed by atoms with van der Waals surface area (Å²) < 4.78 is 62.4. The minimum atomic E-state index is -0.884. The molecule has 0 radical (unpaired) electrons. The monoisotopic (exact) mass is 1240 g/mol. The van der Waals surface area contributed by atoms with Gasteiger partial charge in [0, 0.05) is 71.6 Å². The highest BCUT2D eigenvalue weighted by Crippen LogP contribution is 2.33. The average molecular weight is 1240 g/mol. The van der Waals surface area contributed by atoms with Crippen molar-refractivity contribution in [1.29, 1.82) is 0 Å². The van der Waals surface area contributed by atoms with Crippen LogP contribution in [0.15, 0.2) is 84.9 Å². The number of hydrogen-bond acceptors (Lipinski definition) is 10. The van der Waals surface area contributed by atoms with Crippen LogP contribution < -0.4 is 40.8 Å². The molecule has 80 heavy (non-hydrogen) atoms. The molecule has 0 aliphatic heterocycles. The quantitative estimate of drug-likeness (QED) is 0.0120. The van der Waals surface area contributed by atoms with Gasteiger partial charge in [-0.3, -0.25) is 28.8 Å². The third-order valence-electron chi connectivity index (χ3n) is 14.0. The summed E-state index contributed by atoms with van der Waals surface area (Å²) in [5, 5.41) is 24.4. The van der Waals surface area contributed by atoms with Crippen molar-refractivity contribution in [1.82, 2.24) is 41.5 Å². The van der Waals surface area contributed by atoms with E-state index in [-0.39, 0.29) is 127 Å². The molecule has 0 bridgehead atoms. The van der Waals surface area contributed by atoms with E-state index in [4.69, 9.17) is 25.8 Å². The van der Waals surface area contributed by atoms with Gasteiger partial charge in [0.1, 0.15) is 75.7 Å². The molecule has 5 amide bonds. The van der Waals surface area contributed by atoms with Crippen molar-refractivity contribution in [3.63, 3.8) is 0 Å². The summed E-state index contributed by atoms with van der Waals surface area (Å²) in [4.78, 5) is 89.1. The smallest absolute Gasteiger partial charge is 0.271 e. The fourth-order valence-corrected chi connectivity index (χ4v) is 10.1. The number of aliphatic hydroxyl groups is 1. The summed E-state index contributed by atoms with van der Waals surface area (Å²) in [5.74, 6) is -4.73. The summed E-state index contributed by atoms with van der Waals surface area (Å²) in [6.45, 7) is 5.16. The van der Waals surface area contributed by atoms with Crippen molar-refractivity contribution in [2.24, 2.45) is 5.92 Å². The predicted molar refractivity (Wildman–Crippen MR) is 298 cm³/mol. The maximum atomic E-state index is 14.8. The Labute approximate surface area is 477 Å². The number of amides is 5. The lowest BCUT2D eigenvalue weighted by atomic mass is 9.80. The lowest BCUT2D eigenvalue weighted by molar-refractivity contribution is 0.0852. The van der Waals surface area contributed by atoms with E-state index < -0.39 is 71.4 Å². The van der Waals surface area contributed by atoms with Gasteiger partial charge < -0.3 is 60.9 Å². The number of nitrogens with one attached hydrogen (secondary N) is 8. The molecule has 23 heteroatoms. The van der Waals surface area contributed by atoms with E-state index in [1.165, 1.54) is 54.6 Å². The molecule has 6 aromatic rings. The Morgan fingerprint density at radius 3 is 1.55 bits per heavy atom. The number of aliphatic hydroxyl groups excluding tert-OH is 1. The summed E-state index contributed by atoms with van der Waals surface area (Å²) in [5.41, 5.74) is 0.651. The maximum absolute atomic E-state index is 14.8. The van der Waals surface area contributed by atoms with E-state index >= 15 is 0 Å². The van der Waals surface area contributed by atoms with Crippen molar-refractivity contribution >= 4 is 69.5 Å². The molecule has 2 aliphatic rings. The van der Waals surface area contributed by atoms with Gasteiger partial charge in [0.05, 0.1) is 10.5 Å². The number of carbonyl (C=O) groups is 6. The lowest BCUT2D eigenvalue weighted by Crippen LogP contribution is -2.47. The largest absolute Gasteiger partial charge is 0.484 e. The Morgan fingerprint density at radius 1 is 0.588 bits per heavy atom. The first-order valence-electron chi connectivity index (χ1n) is 26.2. The number of H-pyrrole nitrogens is 3. The number of rotatable bonds is 24. The van der Waals surface area contributed by atoms with E-state index in [0.29, 0.717) is 38.5 Å². The van der Waals surface area contributed by atoms with Crippen LogP contribution in [0.1, 0.15) is 164 Å². The first kappa shape index (κ1) is 58.8. The van der Waals surface area contributed by atoms with Crippen LogP contribution in [0.4, 0.5) is 13.2 Å². The molecule has 3 unspecified atom stereocenters. The molecule has 2 aliphatic carbocycles. The average Bonchev–Trinajstić information content (AvgIpc) is 4.17. The fraction of sp³-hybridized carbons (Fsp3) is 0.368. The Kier molecular flexibility index (Phi) is 19.7. The molecule has 9 N–H and O–H groups in total. The van der Waals surface area contributed by atoms with E-state index in [1.54, 1.807) is 45.0 Å². The highest BCUT2D eigenvalue weighted by Gasteiger charge is 2.34. The topological polar surface area (TPSA) is 258 Å². The number of ketones is 1. The highest BCUT2D eigenvalue weighted by atomic mass is 127. The van der Waals surface area contributed by atoms with Gasteiger partial charge in [-0.15, -0.1) is 0 Å². The predicted octanol–water partition coefficient (Wildman–Crippen LogP) is 9.30. The SMILES string of the molecule is CC(Oc1cc(C(=O)NCCCNC(=O)c2[nH]c(C(=O)NC3CC(CNC(=O)c4[nH]c(C(=O)NC5CCC(O)CC5)cc4OC(C)c4ccccc4F)C3)cc2OC(C)c2ccccc2F)[nH]c1C(=O)CI)c1ccc(Cl)cc1F. The Hall–Kier alpha value is -7.31. The number of aromatic amines is 3. The number of hydrogen-bond donors (Lipinski definition) is 9. The molecule has 2 fully saturated rings. The number of aromatic nitrogens is 3. The molecule has 0 saturated heterocycles. The molecule has 3 heterocycles. The van der Waals surface area contributed by atoms with Crippen molar-refractivity contribution < 1.29 is 61.3 Å².